The Balaban J connectivity index is 1.96. The van der Waals surface area contributed by atoms with Gasteiger partial charge in [0.1, 0.15) is 5.69 Å². The third kappa shape index (κ3) is 4.99. The number of nitro groups is 1. The topological polar surface area (TPSA) is 101 Å². The smallest absolute Gasteiger partial charge is 0.292 e. The molecule has 3 aromatic rings. The van der Waals surface area contributed by atoms with E-state index in [-0.39, 0.29) is 16.3 Å². The van der Waals surface area contributed by atoms with Gasteiger partial charge in [-0.3, -0.25) is 14.8 Å². The van der Waals surface area contributed by atoms with E-state index in [1.165, 1.54) is 24.4 Å². The molecule has 0 aliphatic carbocycles. The summed E-state index contributed by atoms with van der Waals surface area (Å²) in [5, 5.41) is 14.3. The number of hydrogen-bond donors (Lipinski definition) is 2. The largest absolute Gasteiger partial charge is 0.348 e. The van der Waals surface area contributed by atoms with Crippen molar-refractivity contribution in [1.29, 1.82) is 0 Å². The molecule has 0 aromatic heterocycles. The lowest BCUT2D eigenvalue weighted by molar-refractivity contribution is -0.383. The Hall–Kier alpha value is -3.65. The summed E-state index contributed by atoms with van der Waals surface area (Å²) in [5.41, 5.74) is 2.12. The molecule has 148 valence electrons. The summed E-state index contributed by atoms with van der Waals surface area (Å²) in [4.78, 5) is 10.9. The van der Waals surface area contributed by atoms with Crippen LogP contribution in [0.5, 0.6) is 0 Å². The second-order valence-corrected chi connectivity index (χ2v) is 7.97. The van der Waals surface area contributed by atoms with E-state index in [2.05, 4.69) is 10.0 Å². The molecule has 0 fully saturated rings. The average molecular weight is 409 g/mol. The van der Waals surface area contributed by atoms with Crippen molar-refractivity contribution in [3.63, 3.8) is 0 Å². The van der Waals surface area contributed by atoms with Crippen molar-refractivity contribution in [2.24, 2.45) is 0 Å². The summed E-state index contributed by atoms with van der Waals surface area (Å²) in [6.45, 7) is 1.87. The minimum atomic E-state index is -3.80. The molecule has 0 unspecified atom stereocenters. The maximum absolute atomic E-state index is 12.6. The first-order valence-corrected chi connectivity index (χ1v) is 10.2. The lowest BCUT2D eigenvalue weighted by Gasteiger charge is -2.13. The van der Waals surface area contributed by atoms with E-state index in [1.807, 2.05) is 13.0 Å². The molecule has 0 atom stereocenters. The van der Waals surface area contributed by atoms with Crippen LogP contribution in [0.4, 0.5) is 11.4 Å². The van der Waals surface area contributed by atoms with Crippen LogP contribution in [0.2, 0.25) is 0 Å². The van der Waals surface area contributed by atoms with Crippen molar-refractivity contribution in [1.82, 2.24) is 4.72 Å². The van der Waals surface area contributed by atoms with E-state index >= 15 is 0 Å². The van der Waals surface area contributed by atoms with Gasteiger partial charge in [-0.15, -0.1) is 0 Å². The Morgan fingerprint density at radius 2 is 1.55 bits per heavy atom. The fourth-order valence-electron chi connectivity index (χ4n) is 2.61. The van der Waals surface area contributed by atoms with E-state index in [1.54, 1.807) is 54.6 Å². The number of para-hydroxylation sites is 2. The molecular weight excluding hydrogens is 390 g/mol. The van der Waals surface area contributed by atoms with Gasteiger partial charge >= 0.3 is 0 Å². The highest BCUT2D eigenvalue weighted by Gasteiger charge is 2.16. The molecule has 0 radical (unpaired) electrons. The Labute approximate surface area is 168 Å². The number of sulfonamides is 1. The van der Waals surface area contributed by atoms with E-state index in [0.29, 0.717) is 11.3 Å². The SMILES string of the molecule is Cc1ccc(S(=O)(=O)N/C=C(\Nc2ccccc2[N+](=O)[O-])c2ccccc2)cc1. The molecule has 0 heterocycles. The van der Waals surface area contributed by atoms with E-state index < -0.39 is 14.9 Å². The second kappa shape index (κ2) is 8.57. The van der Waals surface area contributed by atoms with Gasteiger partial charge < -0.3 is 5.32 Å². The lowest BCUT2D eigenvalue weighted by Crippen LogP contribution is -2.19. The summed E-state index contributed by atoms with van der Waals surface area (Å²) >= 11 is 0. The summed E-state index contributed by atoms with van der Waals surface area (Å²) in [6, 6.07) is 21.6. The number of nitrogens with zero attached hydrogens (tertiary/aromatic N) is 1. The fraction of sp³-hybridized carbons (Fsp3) is 0.0476. The normalized spacial score (nSPS) is 11.7. The molecule has 29 heavy (non-hydrogen) atoms. The van der Waals surface area contributed by atoms with Crippen molar-refractivity contribution in [3.8, 4) is 0 Å². The zero-order valence-electron chi connectivity index (χ0n) is 15.6. The molecule has 3 aromatic carbocycles. The van der Waals surface area contributed by atoms with Crippen LogP contribution in [-0.2, 0) is 10.0 Å². The summed E-state index contributed by atoms with van der Waals surface area (Å²) in [7, 11) is -3.80. The molecule has 3 rings (SSSR count). The molecule has 7 nitrogen and oxygen atoms in total. The minimum Gasteiger partial charge on any atom is -0.348 e. The molecule has 0 aliphatic heterocycles. The van der Waals surface area contributed by atoms with Crippen molar-refractivity contribution in [2.45, 2.75) is 11.8 Å². The van der Waals surface area contributed by atoms with E-state index in [0.717, 1.165) is 5.56 Å². The number of benzene rings is 3. The number of anilines is 1. The zero-order chi connectivity index (χ0) is 20.9. The predicted octanol–water partition coefficient (Wildman–Crippen LogP) is 4.29. The van der Waals surface area contributed by atoms with Crippen molar-refractivity contribution in [3.05, 3.63) is 106 Å². The van der Waals surface area contributed by atoms with E-state index in [4.69, 9.17) is 0 Å². The first kappa shape index (κ1) is 20.1. The fourth-order valence-corrected chi connectivity index (χ4v) is 3.52. The van der Waals surface area contributed by atoms with Gasteiger partial charge in [0.25, 0.3) is 15.7 Å². The molecule has 0 bridgehead atoms. The van der Waals surface area contributed by atoms with Crippen LogP contribution in [0.1, 0.15) is 11.1 Å². The number of aryl methyl sites for hydroxylation is 1. The van der Waals surface area contributed by atoms with Gasteiger partial charge in [0.15, 0.2) is 0 Å². The molecule has 0 amide bonds. The molecule has 0 aliphatic rings. The second-order valence-electron chi connectivity index (χ2n) is 6.26. The summed E-state index contributed by atoms with van der Waals surface area (Å²) in [6.07, 6.45) is 1.29. The number of hydrogen-bond acceptors (Lipinski definition) is 5. The lowest BCUT2D eigenvalue weighted by atomic mass is 10.1. The standard InChI is InChI=1S/C21H19N3O4S/c1-16-11-13-18(14-12-16)29(27,28)22-15-20(17-7-3-2-4-8-17)23-19-9-5-6-10-21(19)24(25)26/h2-15,22-23H,1H3/b20-15-. The van der Waals surface area contributed by atoms with Gasteiger partial charge in [-0.1, -0.05) is 60.2 Å². The third-order valence-electron chi connectivity index (χ3n) is 4.14. The van der Waals surface area contributed by atoms with Crippen molar-refractivity contribution >= 4 is 27.1 Å². The monoisotopic (exact) mass is 409 g/mol. The van der Waals surface area contributed by atoms with Crippen LogP contribution < -0.4 is 10.0 Å². The van der Waals surface area contributed by atoms with Gasteiger partial charge in [0.05, 0.1) is 15.5 Å². The quantitative estimate of drug-likeness (QED) is 0.448. The number of nitrogens with one attached hydrogen (secondary N) is 2. The Morgan fingerprint density at radius 3 is 2.21 bits per heavy atom. The van der Waals surface area contributed by atoms with Crippen molar-refractivity contribution in [2.75, 3.05) is 5.32 Å². The van der Waals surface area contributed by atoms with Crippen LogP contribution in [0.15, 0.2) is 90.0 Å². The van der Waals surface area contributed by atoms with Crippen LogP contribution in [-0.4, -0.2) is 13.3 Å². The molecule has 0 saturated carbocycles. The summed E-state index contributed by atoms with van der Waals surface area (Å²) < 4.78 is 27.7. The predicted molar refractivity (Wildman–Crippen MR) is 113 cm³/mol. The van der Waals surface area contributed by atoms with Crippen LogP contribution in [0.3, 0.4) is 0 Å². The Kier molecular flexibility index (Phi) is 5.94. The zero-order valence-corrected chi connectivity index (χ0v) is 16.4. The third-order valence-corrected chi connectivity index (χ3v) is 5.47. The number of rotatable bonds is 7. The van der Waals surface area contributed by atoms with Gasteiger partial charge in [0.2, 0.25) is 0 Å². The Morgan fingerprint density at radius 1 is 0.931 bits per heavy atom. The maximum atomic E-state index is 12.6. The van der Waals surface area contributed by atoms with Gasteiger partial charge in [0, 0.05) is 12.3 Å². The molecule has 8 heteroatoms. The highest BCUT2D eigenvalue weighted by molar-refractivity contribution is 7.89. The highest BCUT2D eigenvalue weighted by Crippen LogP contribution is 2.27. The first-order valence-electron chi connectivity index (χ1n) is 8.72. The first-order chi connectivity index (χ1) is 13.9. The highest BCUT2D eigenvalue weighted by atomic mass is 32.2. The van der Waals surface area contributed by atoms with E-state index in [9.17, 15) is 18.5 Å². The van der Waals surface area contributed by atoms with Crippen LogP contribution in [0.25, 0.3) is 5.70 Å². The van der Waals surface area contributed by atoms with Crippen molar-refractivity contribution < 1.29 is 13.3 Å². The van der Waals surface area contributed by atoms with Gasteiger partial charge in [-0.05, 0) is 30.7 Å². The van der Waals surface area contributed by atoms with Crippen LogP contribution >= 0.6 is 0 Å². The number of nitro benzene ring substituents is 1. The van der Waals surface area contributed by atoms with Gasteiger partial charge in [-0.25, -0.2) is 8.42 Å². The van der Waals surface area contributed by atoms with Crippen LogP contribution in [0, 0.1) is 17.0 Å². The minimum absolute atomic E-state index is 0.115. The maximum Gasteiger partial charge on any atom is 0.292 e. The average Bonchev–Trinajstić information content (AvgIpc) is 2.72. The molecule has 0 spiro atoms. The molecule has 2 N–H and O–H groups in total. The summed E-state index contributed by atoms with van der Waals surface area (Å²) in [5.74, 6) is 0. The molecular formula is C21H19N3O4S. The molecule has 0 saturated heterocycles. The Bertz CT molecular complexity index is 1140. The van der Waals surface area contributed by atoms with Gasteiger partial charge in [-0.2, -0.15) is 0 Å².